The fourth-order valence-electron chi connectivity index (χ4n) is 1.88. The minimum absolute atomic E-state index is 0.0860. The zero-order chi connectivity index (χ0) is 14.4. The predicted molar refractivity (Wildman–Crippen MR) is 74.0 cm³/mol. The third-order valence-corrected chi connectivity index (χ3v) is 2.84. The Balaban J connectivity index is 1.83. The van der Waals surface area contributed by atoms with Gasteiger partial charge in [0, 0.05) is 13.0 Å². The third kappa shape index (κ3) is 3.57. The molecule has 6 nitrogen and oxygen atoms in total. The summed E-state index contributed by atoms with van der Waals surface area (Å²) in [6.07, 6.45) is 2.00. The zero-order valence-corrected chi connectivity index (χ0v) is 11.3. The maximum atomic E-state index is 11.6. The molecule has 0 aliphatic rings. The van der Waals surface area contributed by atoms with Gasteiger partial charge in [0.05, 0.1) is 24.0 Å². The number of imidazole rings is 1. The molecule has 20 heavy (non-hydrogen) atoms. The number of hydrogen-bond donors (Lipinski definition) is 1. The Morgan fingerprint density at radius 2 is 2.15 bits per heavy atom. The van der Waals surface area contributed by atoms with Crippen molar-refractivity contribution in [1.82, 2.24) is 14.9 Å². The number of aromatic nitrogens is 2. The van der Waals surface area contributed by atoms with Crippen molar-refractivity contribution in [3.8, 4) is 0 Å². The summed E-state index contributed by atoms with van der Waals surface area (Å²) in [6.45, 7) is 2.48. The molecule has 0 saturated heterocycles. The van der Waals surface area contributed by atoms with Crippen LogP contribution in [0.5, 0.6) is 0 Å². The SMILES string of the molecule is CCOC(=O)CNC(=O)CCn1cnc2ccccc21. The highest BCUT2D eigenvalue weighted by atomic mass is 16.5. The average Bonchev–Trinajstić information content (AvgIpc) is 2.86. The maximum Gasteiger partial charge on any atom is 0.325 e. The number of benzene rings is 1. The standard InChI is InChI=1S/C14H17N3O3/c1-2-20-14(19)9-15-13(18)7-8-17-10-16-11-5-3-4-6-12(11)17/h3-6,10H,2,7-9H2,1H3,(H,15,18). The van der Waals surface area contributed by atoms with Crippen LogP contribution < -0.4 is 5.32 Å². The summed E-state index contributed by atoms with van der Waals surface area (Å²) in [5.41, 5.74) is 1.89. The monoisotopic (exact) mass is 275 g/mol. The minimum atomic E-state index is -0.422. The van der Waals surface area contributed by atoms with E-state index in [1.807, 2.05) is 28.8 Å². The number of fused-ring (bicyclic) bond motifs is 1. The van der Waals surface area contributed by atoms with Crippen LogP contribution >= 0.6 is 0 Å². The number of esters is 1. The van der Waals surface area contributed by atoms with E-state index in [1.165, 1.54) is 0 Å². The molecule has 0 saturated carbocycles. The molecular weight excluding hydrogens is 258 g/mol. The van der Waals surface area contributed by atoms with Gasteiger partial charge in [0.1, 0.15) is 6.54 Å². The Hall–Kier alpha value is -2.37. The lowest BCUT2D eigenvalue weighted by atomic mass is 10.3. The van der Waals surface area contributed by atoms with Gasteiger partial charge in [-0.05, 0) is 19.1 Å². The van der Waals surface area contributed by atoms with E-state index in [-0.39, 0.29) is 12.5 Å². The lowest BCUT2D eigenvalue weighted by molar-refractivity contribution is -0.143. The van der Waals surface area contributed by atoms with Crippen LogP contribution in [0.3, 0.4) is 0 Å². The van der Waals surface area contributed by atoms with Crippen LogP contribution in [0, 0.1) is 0 Å². The zero-order valence-electron chi connectivity index (χ0n) is 11.3. The van der Waals surface area contributed by atoms with Gasteiger partial charge in [-0.1, -0.05) is 12.1 Å². The second-order valence-corrected chi connectivity index (χ2v) is 4.26. The van der Waals surface area contributed by atoms with Crippen LogP contribution in [0.25, 0.3) is 11.0 Å². The molecule has 1 amide bonds. The van der Waals surface area contributed by atoms with Crippen LogP contribution in [-0.2, 0) is 20.9 Å². The Labute approximate surface area is 116 Å². The molecule has 106 valence electrons. The average molecular weight is 275 g/mol. The maximum absolute atomic E-state index is 11.6. The molecule has 0 unspecified atom stereocenters. The number of aryl methyl sites for hydroxylation is 1. The molecule has 2 rings (SSSR count). The van der Waals surface area contributed by atoms with Crippen molar-refractivity contribution in [2.45, 2.75) is 19.9 Å². The van der Waals surface area contributed by atoms with E-state index < -0.39 is 5.97 Å². The van der Waals surface area contributed by atoms with Crippen LogP contribution in [0.2, 0.25) is 0 Å². The van der Waals surface area contributed by atoms with Crippen molar-refractivity contribution >= 4 is 22.9 Å². The van der Waals surface area contributed by atoms with Gasteiger partial charge in [0.2, 0.25) is 5.91 Å². The molecule has 0 spiro atoms. The number of hydrogen-bond acceptors (Lipinski definition) is 4. The van der Waals surface area contributed by atoms with Gasteiger partial charge < -0.3 is 14.6 Å². The molecule has 0 atom stereocenters. The van der Waals surface area contributed by atoms with E-state index in [0.717, 1.165) is 11.0 Å². The number of ether oxygens (including phenoxy) is 1. The lowest BCUT2D eigenvalue weighted by Gasteiger charge is -2.06. The summed E-state index contributed by atoms with van der Waals surface area (Å²) in [7, 11) is 0. The highest BCUT2D eigenvalue weighted by Gasteiger charge is 2.07. The molecule has 0 bridgehead atoms. The number of rotatable bonds is 6. The molecule has 2 aromatic rings. The van der Waals surface area contributed by atoms with Gasteiger partial charge in [-0.15, -0.1) is 0 Å². The van der Waals surface area contributed by atoms with E-state index in [9.17, 15) is 9.59 Å². The van der Waals surface area contributed by atoms with E-state index >= 15 is 0 Å². The Morgan fingerprint density at radius 1 is 1.35 bits per heavy atom. The summed E-state index contributed by atoms with van der Waals surface area (Å²) in [5, 5.41) is 2.53. The smallest absolute Gasteiger partial charge is 0.325 e. The molecule has 6 heteroatoms. The van der Waals surface area contributed by atoms with Crippen molar-refractivity contribution in [3.05, 3.63) is 30.6 Å². The van der Waals surface area contributed by atoms with E-state index in [1.54, 1.807) is 13.3 Å². The Kier molecular flexibility index (Phi) is 4.70. The number of para-hydroxylation sites is 2. The third-order valence-electron chi connectivity index (χ3n) is 2.84. The molecule has 1 heterocycles. The van der Waals surface area contributed by atoms with Gasteiger partial charge in [-0.25, -0.2) is 4.98 Å². The molecular formula is C14H17N3O3. The number of amides is 1. The topological polar surface area (TPSA) is 73.2 Å². The summed E-state index contributed by atoms with van der Waals surface area (Å²) in [6, 6.07) is 7.73. The van der Waals surface area contributed by atoms with E-state index in [2.05, 4.69) is 10.3 Å². The number of nitrogens with one attached hydrogen (secondary N) is 1. The summed E-state index contributed by atoms with van der Waals surface area (Å²) in [5.74, 6) is -0.607. The first-order valence-corrected chi connectivity index (χ1v) is 6.53. The van der Waals surface area contributed by atoms with Gasteiger partial charge in [0.25, 0.3) is 0 Å². The highest BCUT2D eigenvalue weighted by molar-refractivity contribution is 5.82. The van der Waals surface area contributed by atoms with Crippen LogP contribution in [-0.4, -0.2) is 34.6 Å². The van der Waals surface area contributed by atoms with Gasteiger partial charge in [-0.3, -0.25) is 9.59 Å². The van der Waals surface area contributed by atoms with Crippen LogP contribution in [0.15, 0.2) is 30.6 Å². The first-order chi connectivity index (χ1) is 9.70. The normalized spacial score (nSPS) is 10.4. The fourth-order valence-corrected chi connectivity index (χ4v) is 1.88. The van der Waals surface area contributed by atoms with Crippen molar-refractivity contribution in [2.75, 3.05) is 13.2 Å². The van der Waals surface area contributed by atoms with E-state index in [4.69, 9.17) is 4.74 Å². The fraction of sp³-hybridized carbons (Fsp3) is 0.357. The molecule has 1 aromatic heterocycles. The van der Waals surface area contributed by atoms with Gasteiger partial charge >= 0.3 is 5.97 Å². The van der Waals surface area contributed by atoms with Crippen molar-refractivity contribution in [3.63, 3.8) is 0 Å². The Morgan fingerprint density at radius 3 is 2.95 bits per heavy atom. The number of carbonyl (C=O) groups is 2. The highest BCUT2D eigenvalue weighted by Crippen LogP contribution is 2.11. The molecule has 1 N–H and O–H groups in total. The molecule has 1 aromatic carbocycles. The molecule has 0 aliphatic heterocycles. The van der Waals surface area contributed by atoms with Crippen molar-refractivity contribution in [1.29, 1.82) is 0 Å². The first-order valence-electron chi connectivity index (χ1n) is 6.53. The number of nitrogens with zero attached hydrogens (tertiary/aromatic N) is 2. The van der Waals surface area contributed by atoms with Gasteiger partial charge in [-0.2, -0.15) is 0 Å². The van der Waals surface area contributed by atoms with Crippen molar-refractivity contribution < 1.29 is 14.3 Å². The summed E-state index contributed by atoms with van der Waals surface area (Å²) >= 11 is 0. The second kappa shape index (κ2) is 6.70. The summed E-state index contributed by atoms with van der Waals surface area (Å²) in [4.78, 5) is 27.0. The van der Waals surface area contributed by atoms with E-state index in [0.29, 0.717) is 19.6 Å². The molecule has 0 aliphatic carbocycles. The minimum Gasteiger partial charge on any atom is -0.465 e. The lowest BCUT2D eigenvalue weighted by Crippen LogP contribution is -2.31. The predicted octanol–water partition coefficient (Wildman–Crippen LogP) is 1.11. The largest absolute Gasteiger partial charge is 0.465 e. The second-order valence-electron chi connectivity index (χ2n) is 4.26. The number of carbonyl (C=O) groups excluding carboxylic acids is 2. The molecule has 0 radical (unpaired) electrons. The first kappa shape index (κ1) is 14.0. The molecule has 0 fully saturated rings. The quantitative estimate of drug-likeness (QED) is 0.801. The van der Waals surface area contributed by atoms with Gasteiger partial charge in [0.15, 0.2) is 0 Å². The summed E-state index contributed by atoms with van der Waals surface area (Å²) < 4.78 is 6.65. The van der Waals surface area contributed by atoms with Crippen molar-refractivity contribution in [2.24, 2.45) is 0 Å². The van der Waals surface area contributed by atoms with Crippen LogP contribution in [0.1, 0.15) is 13.3 Å². The van der Waals surface area contributed by atoms with Crippen LogP contribution in [0.4, 0.5) is 0 Å². The Bertz CT molecular complexity index is 606.